The molecule has 3 nitrogen and oxygen atoms in total. The van der Waals surface area contributed by atoms with E-state index in [9.17, 15) is 4.79 Å². The van der Waals surface area contributed by atoms with Gasteiger partial charge in [-0.3, -0.25) is 4.79 Å². The maximum absolute atomic E-state index is 12.0. The van der Waals surface area contributed by atoms with Crippen molar-refractivity contribution in [2.45, 2.75) is 12.0 Å². The molecule has 2 N–H and O–H groups in total. The van der Waals surface area contributed by atoms with Gasteiger partial charge in [-0.1, -0.05) is 0 Å². The summed E-state index contributed by atoms with van der Waals surface area (Å²) in [6, 6.07) is 0. The molecule has 1 aliphatic heterocycles. The van der Waals surface area contributed by atoms with Crippen molar-refractivity contribution in [3.05, 3.63) is 20.8 Å². The Balaban J connectivity index is 2.28. The number of carbonyl (C=O) groups is 1. The zero-order valence-electron chi connectivity index (χ0n) is 7.46. The Morgan fingerprint density at radius 2 is 2.43 bits per heavy atom. The molecule has 0 aromatic carbocycles. The Kier molecular flexibility index (Phi) is 2.74. The Labute approximate surface area is 94.4 Å². The predicted molar refractivity (Wildman–Crippen MR) is 58.7 cm³/mol. The molecule has 1 atom stereocenters. The fourth-order valence-corrected chi connectivity index (χ4v) is 2.93. The van der Waals surface area contributed by atoms with E-state index in [-0.39, 0.29) is 5.78 Å². The van der Waals surface area contributed by atoms with Gasteiger partial charge in [0.15, 0.2) is 5.78 Å². The zero-order chi connectivity index (χ0) is 10.2. The molecule has 1 saturated heterocycles. The van der Waals surface area contributed by atoms with Gasteiger partial charge < -0.3 is 10.5 Å². The van der Waals surface area contributed by atoms with E-state index in [1.807, 2.05) is 10.8 Å². The first-order chi connectivity index (χ1) is 6.63. The van der Waals surface area contributed by atoms with Gasteiger partial charge in [0.25, 0.3) is 0 Å². The summed E-state index contributed by atoms with van der Waals surface area (Å²) in [4.78, 5) is 12.0. The second-order valence-electron chi connectivity index (χ2n) is 3.42. The fourth-order valence-electron chi connectivity index (χ4n) is 1.47. The molecule has 2 heterocycles. The van der Waals surface area contributed by atoms with Crippen LogP contribution in [-0.2, 0) is 4.74 Å². The quantitative estimate of drug-likeness (QED) is 0.838. The van der Waals surface area contributed by atoms with E-state index in [0.29, 0.717) is 25.2 Å². The van der Waals surface area contributed by atoms with Gasteiger partial charge in [-0.05, 0) is 22.4 Å². The first-order valence-electron chi connectivity index (χ1n) is 4.26. The maximum atomic E-state index is 12.0. The lowest BCUT2D eigenvalue weighted by molar-refractivity contribution is 0.0863. The summed E-state index contributed by atoms with van der Waals surface area (Å²) in [7, 11) is 0. The molecule has 2 rings (SSSR count). The molecule has 0 saturated carbocycles. The molecule has 0 spiro atoms. The van der Waals surface area contributed by atoms with Crippen LogP contribution in [0.2, 0.25) is 0 Å². The molecule has 5 heteroatoms. The van der Waals surface area contributed by atoms with E-state index in [1.165, 1.54) is 11.3 Å². The summed E-state index contributed by atoms with van der Waals surface area (Å²) in [6.07, 6.45) is 0.605. The Bertz CT molecular complexity index is 357. The van der Waals surface area contributed by atoms with Gasteiger partial charge in [-0.15, -0.1) is 0 Å². The number of hydrogen-bond acceptors (Lipinski definition) is 4. The number of ketones is 1. The number of ether oxygens (including phenoxy) is 1. The topological polar surface area (TPSA) is 52.3 Å². The van der Waals surface area contributed by atoms with Crippen molar-refractivity contribution in [3.63, 3.8) is 0 Å². The molecule has 0 amide bonds. The van der Waals surface area contributed by atoms with Crippen LogP contribution >= 0.6 is 27.3 Å². The highest BCUT2D eigenvalue weighted by atomic mass is 79.9. The van der Waals surface area contributed by atoms with E-state index in [0.717, 1.165) is 4.47 Å². The van der Waals surface area contributed by atoms with Crippen molar-refractivity contribution in [2.24, 2.45) is 5.73 Å². The molecule has 1 aliphatic rings. The van der Waals surface area contributed by atoms with Crippen LogP contribution in [0.3, 0.4) is 0 Å². The summed E-state index contributed by atoms with van der Waals surface area (Å²) in [5.41, 5.74) is 5.83. The lowest BCUT2D eigenvalue weighted by Gasteiger charge is -2.19. The third-order valence-electron chi connectivity index (χ3n) is 2.36. The second-order valence-corrected chi connectivity index (χ2v) is 5.02. The monoisotopic (exact) mass is 275 g/mol. The van der Waals surface area contributed by atoms with Gasteiger partial charge in [0.05, 0.1) is 6.61 Å². The molecular formula is C9H10BrNO2S. The molecule has 1 fully saturated rings. The van der Waals surface area contributed by atoms with Crippen molar-refractivity contribution in [1.29, 1.82) is 0 Å². The lowest BCUT2D eigenvalue weighted by Crippen LogP contribution is -2.48. The highest BCUT2D eigenvalue weighted by Crippen LogP contribution is 2.28. The number of hydrogen-bond donors (Lipinski definition) is 1. The molecule has 1 unspecified atom stereocenters. The van der Waals surface area contributed by atoms with Crippen LogP contribution in [0.5, 0.6) is 0 Å². The van der Waals surface area contributed by atoms with E-state index in [2.05, 4.69) is 15.9 Å². The van der Waals surface area contributed by atoms with Gasteiger partial charge in [0.1, 0.15) is 5.54 Å². The number of carbonyl (C=O) groups excluding carboxylic acids is 1. The Morgan fingerprint density at radius 1 is 1.64 bits per heavy atom. The second kappa shape index (κ2) is 3.73. The Morgan fingerprint density at radius 3 is 2.93 bits per heavy atom. The highest BCUT2D eigenvalue weighted by Gasteiger charge is 2.39. The summed E-state index contributed by atoms with van der Waals surface area (Å²) in [5.74, 6) is -0.0249. The number of thiophene rings is 1. The van der Waals surface area contributed by atoms with Gasteiger partial charge >= 0.3 is 0 Å². The molecule has 76 valence electrons. The third kappa shape index (κ3) is 1.65. The standard InChI is InChI=1S/C9H10BrNO2S/c10-7-4-14-3-6(7)8(12)9(11)1-2-13-5-9/h3-4H,1-2,5,11H2. The first kappa shape index (κ1) is 10.3. The van der Waals surface area contributed by atoms with E-state index >= 15 is 0 Å². The van der Waals surface area contributed by atoms with Crippen molar-refractivity contribution in [2.75, 3.05) is 13.2 Å². The fraction of sp³-hybridized carbons (Fsp3) is 0.444. The minimum Gasteiger partial charge on any atom is -0.379 e. The van der Waals surface area contributed by atoms with Crippen LogP contribution in [0.4, 0.5) is 0 Å². The van der Waals surface area contributed by atoms with Gasteiger partial charge in [0, 0.05) is 27.4 Å². The number of Topliss-reactive ketones (excluding diaryl/α,β-unsaturated/α-hetero) is 1. The molecule has 1 aromatic rings. The largest absolute Gasteiger partial charge is 0.379 e. The highest BCUT2D eigenvalue weighted by molar-refractivity contribution is 9.10. The average Bonchev–Trinajstić information content (AvgIpc) is 2.74. The van der Waals surface area contributed by atoms with E-state index in [1.54, 1.807) is 0 Å². The van der Waals surface area contributed by atoms with Gasteiger partial charge in [0.2, 0.25) is 0 Å². The summed E-state index contributed by atoms with van der Waals surface area (Å²) in [5, 5.41) is 3.70. The smallest absolute Gasteiger partial charge is 0.187 e. The van der Waals surface area contributed by atoms with Crippen molar-refractivity contribution in [3.8, 4) is 0 Å². The number of rotatable bonds is 2. The van der Waals surface area contributed by atoms with Gasteiger partial charge in [-0.2, -0.15) is 11.3 Å². The normalized spacial score (nSPS) is 26.7. The van der Waals surface area contributed by atoms with E-state index in [4.69, 9.17) is 10.5 Å². The molecule has 0 aliphatic carbocycles. The Hall–Kier alpha value is -0.230. The molecule has 1 aromatic heterocycles. The molecule has 14 heavy (non-hydrogen) atoms. The molecular weight excluding hydrogens is 266 g/mol. The van der Waals surface area contributed by atoms with Gasteiger partial charge in [-0.25, -0.2) is 0 Å². The maximum Gasteiger partial charge on any atom is 0.187 e. The first-order valence-corrected chi connectivity index (χ1v) is 6.00. The summed E-state index contributed by atoms with van der Waals surface area (Å²) >= 11 is 4.82. The molecule has 0 bridgehead atoms. The zero-order valence-corrected chi connectivity index (χ0v) is 9.86. The van der Waals surface area contributed by atoms with Crippen molar-refractivity contribution < 1.29 is 9.53 Å². The van der Waals surface area contributed by atoms with Crippen molar-refractivity contribution >= 4 is 33.0 Å². The van der Waals surface area contributed by atoms with Crippen LogP contribution < -0.4 is 5.73 Å². The lowest BCUT2D eigenvalue weighted by atomic mass is 9.91. The van der Waals surface area contributed by atoms with Crippen LogP contribution in [0.25, 0.3) is 0 Å². The minimum absolute atomic E-state index is 0.0249. The summed E-state index contributed by atoms with van der Waals surface area (Å²) < 4.78 is 5.98. The van der Waals surface area contributed by atoms with E-state index < -0.39 is 5.54 Å². The number of nitrogens with two attached hydrogens (primary N) is 1. The molecule has 0 radical (unpaired) electrons. The van der Waals surface area contributed by atoms with Crippen LogP contribution in [0, 0.1) is 0 Å². The SMILES string of the molecule is NC1(C(=O)c2cscc2Br)CCOC1. The minimum atomic E-state index is -0.816. The predicted octanol–water partition coefficient (Wildman–Crippen LogP) is 1.81. The van der Waals surface area contributed by atoms with Crippen LogP contribution in [-0.4, -0.2) is 24.5 Å². The average molecular weight is 276 g/mol. The summed E-state index contributed by atoms with van der Waals surface area (Å²) in [6.45, 7) is 0.901. The van der Waals surface area contributed by atoms with Crippen LogP contribution in [0.1, 0.15) is 16.8 Å². The number of halogens is 1. The third-order valence-corrected chi connectivity index (χ3v) is 4.07. The van der Waals surface area contributed by atoms with Crippen molar-refractivity contribution in [1.82, 2.24) is 0 Å². The van der Waals surface area contributed by atoms with Crippen LogP contribution in [0.15, 0.2) is 15.2 Å².